The van der Waals surface area contributed by atoms with Crippen LogP contribution in [0.1, 0.15) is 0 Å². The average Bonchev–Trinajstić information content (AvgIpc) is 2.04. The predicted octanol–water partition coefficient (Wildman–Crippen LogP) is -1.62. The van der Waals surface area contributed by atoms with Crippen LogP contribution in [0.15, 0.2) is 0 Å². The molecule has 0 heterocycles. The summed E-state index contributed by atoms with van der Waals surface area (Å²) in [5.41, 5.74) is 5.17. The highest BCUT2D eigenvalue weighted by molar-refractivity contribution is 7.89. The Morgan fingerprint density at radius 3 is 2.46 bits per heavy atom. The largest absolute Gasteiger partial charge is 0.468 e. The van der Waals surface area contributed by atoms with Gasteiger partial charge in [-0.05, 0) is 0 Å². The van der Waals surface area contributed by atoms with E-state index in [-0.39, 0.29) is 13.1 Å². The van der Waals surface area contributed by atoms with Gasteiger partial charge in [0.15, 0.2) is 5.75 Å². The van der Waals surface area contributed by atoms with Crippen molar-refractivity contribution < 1.29 is 17.9 Å². The fourth-order valence-electron chi connectivity index (χ4n) is 0.639. The van der Waals surface area contributed by atoms with Crippen LogP contribution < -0.4 is 5.73 Å². The van der Waals surface area contributed by atoms with E-state index in [0.717, 1.165) is 11.4 Å². The fraction of sp³-hybridized carbons (Fsp3) is 0.833. The van der Waals surface area contributed by atoms with Crippen LogP contribution >= 0.6 is 0 Å². The zero-order valence-electron chi connectivity index (χ0n) is 7.69. The van der Waals surface area contributed by atoms with E-state index in [2.05, 4.69) is 4.74 Å². The highest BCUT2D eigenvalue weighted by Crippen LogP contribution is 1.97. The lowest BCUT2D eigenvalue weighted by Crippen LogP contribution is -2.36. The molecule has 0 aliphatic carbocycles. The van der Waals surface area contributed by atoms with Crippen LogP contribution in [0.2, 0.25) is 0 Å². The lowest BCUT2D eigenvalue weighted by molar-refractivity contribution is -0.137. The number of esters is 1. The Morgan fingerprint density at radius 2 is 2.08 bits per heavy atom. The Morgan fingerprint density at radius 1 is 1.54 bits per heavy atom. The number of carbonyl (C=O) groups excluding carboxylic acids is 1. The lowest BCUT2D eigenvalue weighted by Gasteiger charge is -2.14. The monoisotopic (exact) mass is 210 g/mol. The van der Waals surface area contributed by atoms with E-state index in [0.29, 0.717) is 0 Å². The van der Waals surface area contributed by atoms with Crippen molar-refractivity contribution in [2.45, 2.75) is 0 Å². The molecule has 13 heavy (non-hydrogen) atoms. The molecule has 0 aromatic heterocycles. The quantitative estimate of drug-likeness (QED) is 0.551. The summed E-state index contributed by atoms with van der Waals surface area (Å²) in [4.78, 5) is 10.7. The molecule has 2 N–H and O–H groups in total. The summed E-state index contributed by atoms with van der Waals surface area (Å²) in [6.45, 7) is 0.413. The van der Waals surface area contributed by atoms with Crippen molar-refractivity contribution in [1.82, 2.24) is 4.31 Å². The third-order valence-electron chi connectivity index (χ3n) is 1.45. The van der Waals surface area contributed by atoms with E-state index in [4.69, 9.17) is 5.73 Å². The summed E-state index contributed by atoms with van der Waals surface area (Å²) in [5, 5.41) is 0. The van der Waals surface area contributed by atoms with Gasteiger partial charge >= 0.3 is 5.97 Å². The van der Waals surface area contributed by atoms with E-state index in [1.807, 2.05) is 0 Å². The zero-order chi connectivity index (χ0) is 10.5. The first-order valence-corrected chi connectivity index (χ1v) is 5.26. The molecule has 0 amide bonds. The van der Waals surface area contributed by atoms with Gasteiger partial charge in [0.1, 0.15) is 0 Å². The second kappa shape index (κ2) is 5.15. The van der Waals surface area contributed by atoms with Crippen LogP contribution in [0.3, 0.4) is 0 Å². The third kappa shape index (κ3) is 4.20. The van der Waals surface area contributed by atoms with Gasteiger partial charge in [-0.25, -0.2) is 12.7 Å². The van der Waals surface area contributed by atoms with Gasteiger partial charge in [-0.1, -0.05) is 0 Å². The lowest BCUT2D eigenvalue weighted by atomic mass is 10.7. The third-order valence-corrected chi connectivity index (χ3v) is 3.18. The first kappa shape index (κ1) is 12.3. The van der Waals surface area contributed by atoms with E-state index >= 15 is 0 Å². The van der Waals surface area contributed by atoms with Gasteiger partial charge in [0.2, 0.25) is 10.0 Å². The van der Waals surface area contributed by atoms with Crippen LogP contribution in [0.25, 0.3) is 0 Å². The van der Waals surface area contributed by atoms with Gasteiger partial charge in [-0.2, -0.15) is 0 Å². The Kier molecular flexibility index (Phi) is 4.89. The van der Waals surface area contributed by atoms with Crippen LogP contribution in [0, 0.1) is 0 Å². The van der Waals surface area contributed by atoms with Gasteiger partial charge < -0.3 is 10.5 Å². The van der Waals surface area contributed by atoms with Gasteiger partial charge in [0.05, 0.1) is 7.11 Å². The number of ether oxygens (including phenoxy) is 1. The molecule has 0 bridgehead atoms. The second-order valence-corrected chi connectivity index (χ2v) is 4.52. The Bertz CT molecular complexity index is 262. The molecule has 0 atom stereocenters. The van der Waals surface area contributed by atoms with Crippen LogP contribution in [-0.4, -0.2) is 51.7 Å². The van der Waals surface area contributed by atoms with E-state index in [9.17, 15) is 13.2 Å². The van der Waals surface area contributed by atoms with Gasteiger partial charge in [0.25, 0.3) is 0 Å². The molecular formula is C6H14N2O4S. The summed E-state index contributed by atoms with van der Waals surface area (Å²) in [6.07, 6.45) is 0. The van der Waals surface area contributed by atoms with E-state index < -0.39 is 21.7 Å². The van der Waals surface area contributed by atoms with Crippen molar-refractivity contribution in [2.75, 3.05) is 33.0 Å². The van der Waals surface area contributed by atoms with Crippen molar-refractivity contribution in [2.24, 2.45) is 5.73 Å². The summed E-state index contributed by atoms with van der Waals surface area (Å²) >= 11 is 0. The summed E-state index contributed by atoms with van der Waals surface area (Å²) in [6, 6.07) is 0. The highest BCUT2D eigenvalue weighted by atomic mass is 32.2. The highest BCUT2D eigenvalue weighted by Gasteiger charge is 2.21. The Labute approximate surface area is 77.7 Å². The molecule has 0 unspecified atom stereocenters. The molecule has 0 radical (unpaired) electrons. The molecule has 0 aromatic rings. The van der Waals surface area contributed by atoms with Crippen molar-refractivity contribution in [3.63, 3.8) is 0 Å². The number of likely N-dealkylation sites (N-methyl/N-ethyl adjacent to an activating group) is 1. The number of nitrogens with zero attached hydrogens (tertiary/aromatic N) is 1. The number of hydrogen-bond acceptors (Lipinski definition) is 5. The van der Waals surface area contributed by atoms with Crippen LogP contribution in [-0.2, 0) is 19.6 Å². The van der Waals surface area contributed by atoms with Gasteiger partial charge in [0, 0.05) is 20.1 Å². The van der Waals surface area contributed by atoms with Crippen molar-refractivity contribution in [1.29, 1.82) is 0 Å². The Balaban J connectivity index is 4.31. The molecule has 0 saturated carbocycles. The SMILES string of the molecule is COC(=O)CS(=O)(=O)N(C)CCN. The molecule has 78 valence electrons. The standard InChI is InChI=1S/C6H14N2O4S/c1-8(4-3-7)13(10,11)5-6(9)12-2/h3-5,7H2,1-2H3. The van der Waals surface area contributed by atoms with Gasteiger partial charge in [-0.15, -0.1) is 0 Å². The summed E-state index contributed by atoms with van der Waals surface area (Å²) in [5.74, 6) is -1.41. The molecule has 0 aromatic carbocycles. The molecule has 0 rings (SSSR count). The van der Waals surface area contributed by atoms with E-state index in [1.165, 1.54) is 7.05 Å². The maximum atomic E-state index is 11.3. The molecule has 7 heteroatoms. The Hall–Kier alpha value is -0.660. The van der Waals surface area contributed by atoms with Crippen molar-refractivity contribution in [3.8, 4) is 0 Å². The molecule has 0 fully saturated rings. The number of hydrogen-bond donors (Lipinski definition) is 1. The summed E-state index contributed by atoms with van der Waals surface area (Å²) in [7, 11) is -1.05. The molecule has 6 nitrogen and oxygen atoms in total. The zero-order valence-corrected chi connectivity index (χ0v) is 8.50. The summed E-state index contributed by atoms with van der Waals surface area (Å²) < 4.78 is 27.8. The normalized spacial score (nSPS) is 11.7. The van der Waals surface area contributed by atoms with Crippen LogP contribution in [0.5, 0.6) is 0 Å². The van der Waals surface area contributed by atoms with Gasteiger partial charge in [-0.3, -0.25) is 4.79 Å². The van der Waals surface area contributed by atoms with Crippen LogP contribution in [0.4, 0.5) is 0 Å². The number of sulfonamides is 1. The average molecular weight is 210 g/mol. The molecule has 0 aliphatic heterocycles. The first-order valence-electron chi connectivity index (χ1n) is 3.65. The van der Waals surface area contributed by atoms with Crippen molar-refractivity contribution in [3.05, 3.63) is 0 Å². The number of nitrogens with two attached hydrogens (primary N) is 1. The maximum Gasteiger partial charge on any atom is 0.322 e. The maximum absolute atomic E-state index is 11.3. The van der Waals surface area contributed by atoms with E-state index in [1.54, 1.807) is 0 Å². The number of rotatable bonds is 5. The predicted molar refractivity (Wildman–Crippen MR) is 47.5 cm³/mol. The molecule has 0 spiro atoms. The smallest absolute Gasteiger partial charge is 0.322 e. The molecule has 0 saturated heterocycles. The first-order chi connectivity index (χ1) is 5.94. The molecule has 0 aliphatic rings. The number of carbonyl (C=O) groups is 1. The minimum absolute atomic E-state index is 0.194. The molecular weight excluding hydrogens is 196 g/mol. The number of methoxy groups -OCH3 is 1. The minimum Gasteiger partial charge on any atom is -0.468 e. The second-order valence-electron chi connectivity index (χ2n) is 2.44. The van der Waals surface area contributed by atoms with Crippen molar-refractivity contribution >= 4 is 16.0 Å². The topological polar surface area (TPSA) is 89.7 Å². The fourth-order valence-corrected chi connectivity index (χ4v) is 1.66. The minimum atomic E-state index is -3.55.